The molecule has 0 bridgehead atoms. The molecular weight excluding hydrogens is 218 g/mol. The lowest BCUT2D eigenvalue weighted by atomic mass is 10.1. The minimum Gasteiger partial charge on any atom is -0.486 e. The fraction of sp³-hybridized carbons (Fsp3) is 0.462. The molecule has 0 unspecified atom stereocenters. The minimum absolute atomic E-state index is 0.0857. The van der Waals surface area contributed by atoms with Crippen LogP contribution in [0.5, 0.6) is 11.5 Å². The Morgan fingerprint density at radius 1 is 1.29 bits per heavy atom. The van der Waals surface area contributed by atoms with Crippen molar-refractivity contribution in [1.29, 1.82) is 0 Å². The molecule has 0 saturated carbocycles. The lowest BCUT2D eigenvalue weighted by Crippen LogP contribution is -2.24. The Labute approximate surface area is 101 Å². The van der Waals surface area contributed by atoms with Gasteiger partial charge in [0.2, 0.25) is 5.91 Å². The van der Waals surface area contributed by atoms with Crippen molar-refractivity contribution < 1.29 is 14.3 Å². The van der Waals surface area contributed by atoms with E-state index in [2.05, 4.69) is 5.32 Å². The second-order valence-electron chi connectivity index (χ2n) is 3.93. The van der Waals surface area contributed by atoms with Crippen LogP contribution in [0.15, 0.2) is 18.2 Å². The Morgan fingerprint density at radius 2 is 2.06 bits per heavy atom. The van der Waals surface area contributed by atoms with E-state index in [1.54, 1.807) is 0 Å². The first kappa shape index (κ1) is 11.8. The largest absolute Gasteiger partial charge is 0.486 e. The van der Waals surface area contributed by atoms with Gasteiger partial charge in [-0.2, -0.15) is 0 Å². The maximum Gasteiger partial charge on any atom is 0.219 e. The number of hydrogen-bond donors (Lipinski definition) is 1. The molecule has 0 spiro atoms. The second-order valence-corrected chi connectivity index (χ2v) is 3.93. The summed E-state index contributed by atoms with van der Waals surface area (Å²) in [7, 11) is 0. The van der Waals surface area contributed by atoms with Crippen molar-refractivity contribution in [3.05, 3.63) is 23.8 Å². The number of ether oxygens (including phenoxy) is 2. The minimum atomic E-state index is 0.0857. The molecule has 1 aliphatic heterocycles. The average molecular weight is 235 g/mol. The second kappa shape index (κ2) is 5.57. The van der Waals surface area contributed by atoms with Gasteiger partial charge in [-0.15, -0.1) is 0 Å². The van der Waals surface area contributed by atoms with E-state index in [1.807, 2.05) is 25.1 Å². The molecule has 1 amide bonds. The van der Waals surface area contributed by atoms with Crippen molar-refractivity contribution in [2.45, 2.75) is 19.8 Å². The molecule has 4 nitrogen and oxygen atoms in total. The van der Waals surface area contributed by atoms with E-state index in [0.717, 1.165) is 23.5 Å². The van der Waals surface area contributed by atoms with Gasteiger partial charge < -0.3 is 14.8 Å². The van der Waals surface area contributed by atoms with Crippen molar-refractivity contribution in [2.75, 3.05) is 19.8 Å². The van der Waals surface area contributed by atoms with Crippen LogP contribution in [0.1, 0.15) is 18.9 Å². The molecule has 1 aromatic rings. The number of hydrogen-bond acceptors (Lipinski definition) is 3. The Kier molecular flexibility index (Phi) is 3.85. The Balaban J connectivity index is 1.91. The zero-order valence-electron chi connectivity index (χ0n) is 9.99. The van der Waals surface area contributed by atoms with Crippen LogP contribution in [0.2, 0.25) is 0 Å². The summed E-state index contributed by atoms with van der Waals surface area (Å²) in [5.41, 5.74) is 1.14. The molecule has 1 aliphatic rings. The number of amides is 1. The Hall–Kier alpha value is -1.71. The van der Waals surface area contributed by atoms with E-state index in [4.69, 9.17) is 9.47 Å². The highest BCUT2D eigenvalue weighted by Gasteiger charge is 2.11. The van der Waals surface area contributed by atoms with Crippen LogP contribution in [0.4, 0.5) is 0 Å². The normalized spacial score (nSPS) is 13.2. The van der Waals surface area contributed by atoms with E-state index in [9.17, 15) is 4.79 Å². The molecule has 0 atom stereocenters. The molecule has 17 heavy (non-hydrogen) atoms. The summed E-state index contributed by atoms with van der Waals surface area (Å²) in [6.07, 6.45) is 1.34. The highest BCUT2D eigenvalue weighted by molar-refractivity contribution is 5.75. The van der Waals surface area contributed by atoms with Crippen LogP contribution < -0.4 is 14.8 Å². The first-order chi connectivity index (χ1) is 8.29. The van der Waals surface area contributed by atoms with Crippen LogP contribution in [0.3, 0.4) is 0 Å². The standard InChI is InChI=1S/C13H17NO3/c1-2-13(15)14-6-5-10-3-4-11-12(9-10)17-8-7-16-11/h3-4,9H,2,5-8H2,1H3,(H,14,15). The molecule has 1 N–H and O–H groups in total. The summed E-state index contributed by atoms with van der Waals surface area (Å²) in [4.78, 5) is 11.1. The summed E-state index contributed by atoms with van der Waals surface area (Å²) in [6, 6.07) is 5.91. The zero-order chi connectivity index (χ0) is 12.1. The molecule has 0 fully saturated rings. The van der Waals surface area contributed by atoms with Gasteiger partial charge in [-0.1, -0.05) is 13.0 Å². The highest BCUT2D eigenvalue weighted by atomic mass is 16.6. The summed E-state index contributed by atoms with van der Waals surface area (Å²) in [6.45, 7) is 3.72. The number of carbonyl (C=O) groups excluding carboxylic acids is 1. The highest BCUT2D eigenvalue weighted by Crippen LogP contribution is 2.30. The van der Waals surface area contributed by atoms with Crippen LogP contribution in [0.25, 0.3) is 0 Å². The average Bonchev–Trinajstić information content (AvgIpc) is 2.38. The van der Waals surface area contributed by atoms with Crippen molar-refractivity contribution in [1.82, 2.24) is 5.32 Å². The third kappa shape index (κ3) is 3.12. The van der Waals surface area contributed by atoms with Gasteiger partial charge in [0.15, 0.2) is 11.5 Å². The van der Waals surface area contributed by atoms with Gasteiger partial charge in [0.25, 0.3) is 0 Å². The number of benzene rings is 1. The van der Waals surface area contributed by atoms with Crippen molar-refractivity contribution in [3.8, 4) is 11.5 Å². The zero-order valence-corrected chi connectivity index (χ0v) is 9.99. The first-order valence-electron chi connectivity index (χ1n) is 5.95. The summed E-state index contributed by atoms with van der Waals surface area (Å²) in [5.74, 6) is 1.69. The predicted molar refractivity (Wildman–Crippen MR) is 64.4 cm³/mol. The van der Waals surface area contributed by atoms with Crippen LogP contribution in [0, 0.1) is 0 Å². The molecular formula is C13H17NO3. The molecule has 92 valence electrons. The SMILES string of the molecule is CCC(=O)NCCc1ccc2c(c1)OCCO2. The molecule has 0 aliphatic carbocycles. The van der Waals surface area contributed by atoms with Crippen molar-refractivity contribution in [2.24, 2.45) is 0 Å². The Morgan fingerprint density at radius 3 is 2.82 bits per heavy atom. The van der Waals surface area contributed by atoms with E-state index in [-0.39, 0.29) is 5.91 Å². The van der Waals surface area contributed by atoms with Crippen molar-refractivity contribution >= 4 is 5.91 Å². The van der Waals surface area contributed by atoms with Gasteiger partial charge in [-0.3, -0.25) is 4.79 Å². The molecule has 0 saturated heterocycles. The van der Waals surface area contributed by atoms with E-state index < -0.39 is 0 Å². The van der Waals surface area contributed by atoms with Crippen LogP contribution >= 0.6 is 0 Å². The first-order valence-corrected chi connectivity index (χ1v) is 5.95. The fourth-order valence-electron chi connectivity index (χ4n) is 1.71. The van der Waals surface area contributed by atoms with E-state index in [0.29, 0.717) is 26.2 Å². The van der Waals surface area contributed by atoms with Gasteiger partial charge in [0.1, 0.15) is 13.2 Å². The lowest BCUT2D eigenvalue weighted by molar-refractivity contribution is -0.120. The van der Waals surface area contributed by atoms with E-state index >= 15 is 0 Å². The van der Waals surface area contributed by atoms with Crippen LogP contribution in [-0.4, -0.2) is 25.7 Å². The van der Waals surface area contributed by atoms with Gasteiger partial charge in [0.05, 0.1) is 0 Å². The van der Waals surface area contributed by atoms with E-state index in [1.165, 1.54) is 0 Å². The number of nitrogens with one attached hydrogen (secondary N) is 1. The Bertz CT molecular complexity index is 404. The number of carbonyl (C=O) groups is 1. The van der Waals surface area contributed by atoms with Gasteiger partial charge in [-0.05, 0) is 24.1 Å². The monoisotopic (exact) mass is 235 g/mol. The molecule has 1 heterocycles. The quantitative estimate of drug-likeness (QED) is 0.860. The van der Waals surface area contributed by atoms with Gasteiger partial charge >= 0.3 is 0 Å². The van der Waals surface area contributed by atoms with Crippen molar-refractivity contribution in [3.63, 3.8) is 0 Å². The summed E-state index contributed by atoms with van der Waals surface area (Å²) < 4.78 is 10.9. The maximum atomic E-state index is 11.1. The molecule has 0 radical (unpaired) electrons. The third-order valence-corrected chi connectivity index (χ3v) is 2.66. The number of rotatable bonds is 4. The number of fused-ring (bicyclic) bond motifs is 1. The topological polar surface area (TPSA) is 47.6 Å². The van der Waals surface area contributed by atoms with Crippen LogP contribution in [-0.2, 0) is 11.2 Å². The molecule has 1 aromatic carbocycles. The van der Waals surface area contributed by atoms with Gasteiger partial charge in [-0.25, -0.2) is 0 Å². The lowest BCUT2D eigenvalue weighted by Gasteiger charge is -2.18. The summed E-state index contributed by atoms with van der Waals surface area (Å²) >= 11 is 0. The smallest absolute Gasteiger partial charge is 0.219 e. The maximum absolute atomic E-state index is 11.1. The van der Waals surface area contributed by atoms with Gasteiger partial charge in [0, 0.05) is 13.0 Å². The molecule has 0 aromatic heterocycles. The molecule has 4 heteroatoms. The fourth-order valence-corrected chi connectivity index (χ4v) is 1.71. The molecule has 2 rings (SSSR count). The summed E-state index contributed by atoms with van der Waals surface area (Å²) in [5, 5.41) is 2.85. The predicted octanol–water partition coefficient (Wildman–Crippen LogP) is 1.53. The third-order valence-electron chi connectivity index (χ3n) is 2.66.